The van der Waals surface area contributed by atoms with Crippen LogP contribution in [0.1, 0.15) is 15.9 Å². The predicted molar refractivity (Wildman–Crippen MR) is 59.3 cm³/mol. The molecule has 5 heteroatoms. The van der Waals surface area contributed by atoms with Crippen LogP contribution in [0.2, 0.25) is 0 Å². The van der Waals surface area contributed by atoms with Crippen LogP contribution in [0.15, 0.2) is 41.3 Å². The van der Waals surface area contributed by atoms with Crippen molar-refractivity contribution < 1.29 is 4.79 Å². The molecule has 2 aromatic rings. The second-order valence-corrected chi connectivity index (χ2v) is 3.40. The zero-order valence-electron chi connectivity index (χ0n) is 7.68. The highest BCUT2D eigenvalue weighted by Gasteiger charge is 2.14. The lowest BCUT2D eigenvalue weighted by Gasteiger charge is -1.94. The summed E-state index contributed by atoms with van der Waals surface area (Å²) in [4.78, 5) is 23.2. The van der Waals surface area contributed by atoms with Crippen molar-refractivity contribution in [2.24, 2.45) is 0 Å². The number of rotatable bonds is 2. The highest BCUT2D eigenvalue weighted by Crippen LogP contribution is 2.05. The Hall–Kier alpha value is -1.75. The summed E-state index contributed by atoms with van der Waals surface area (Å²) in [6.45, 7) is 0. The lowest BCUT2D eigenvalue weighted by Crippen LogP contribution is -2.16. The maximum absolute atomic E-state index is 11.8. The molecule has 1 heterocycles. The molecule has 0 spiro atoms. The first-order chi connectivity index (χ1) is 7.20. The zero-order valence-corrected chi connectivity index (χ0v) is 8.57. The van der Waals surface area contributed by atoms with Crippen molar-refractivity contribution in [2.75, 3.05) is 0 Å². The molecule has 0 fully saturated rings. The molecule has 0 radical (unpaired) electrons. The van der Waals surface area contributed by atoms with Crippen LogP contribution in [0, 0.1) is 0 Å². The van der Waals surface area contributed by atoms with Gasteiger partial charge in [-0.25, -0.2) is 0 Å². The minimum Gasteiger partial charge on any atom is -0.292 e. The van der Waals surface area contributed by atoms with Gasteiger partial charge in [0.25, 0.3) is 5.56 Å². The highest BCUT2D eigenvalue weighted by atomic mass is 32.1. The normalized spacial score (nSPS) is 10.2. The van der Waals surface area contributed by atoms with E-state index in [9.17, 15) is 9.59 Å². The van der Waals surface area contributed by atoms with Crippen LogP contribution in [-0.4, -0.2) is 15.0 Å². The molecule has 76 valence electrons. The number of nitrogens with one attached hydrogen (secondary N) is 1. The minimum atomic E-state index is -0.438. The molecule has 1 N–H and O–H groups in total. The van der Waals surface area contributed by atoms with E-state index in [1.807, 2.05) is 6.07 Å². The SMILES string of the molecule is O=C(c1ccccc1)c1c[nH]n(S)c1=O. The molecule has 0 unspecified atom stereocenters. The fourth-order valence-corrected chi connectivity index (χ4v) is 1.43. The second-order valence-electron chi connectivity index (χ2n) is 3.00. The van der Waals surface area contributed by atoms with Gasteiger partial charge in [-0.05, 0) is 12.8 Å². The van der Waals surface area contributed by atoms with Crippen LogP contribution in [0.3, 0.4) is 0 Å². The van der Waals surface area contributed by atoms with Gasteiger partial charge in [0, 0.05) is 11.8 Å². The first kappa shape index (κ1) is 9.79. The van der Waals surface area contributed by atoms with Crippen LogP contribution in [-0.2, 0) is 0 Å². The molecule has 15 heavy (non-hydrogen) atoms. The summed E-state index contributed by atoms with van der Waals surface area (Å²) in [5.74, 6) is -0.301. The van der Waals surface area contributed by atoms with E-state index in [1.54, 1.807) is 24.3 Å². The van der Waals surface area contributed by atoms with Crippen LogP contribution in [0.5, 0.6) is 0 Å². The van der Waals surface area contributed by atoms with Crippen LogP contribution in [0.25, 0.3) is 0 Å². The summed E-state index contributed by atoms with van der Waals surface area (Å²) < 4.78 is 0.968. The fraction of sp³-hybridized carbons (Fsp3) is 0. The molecular formula is C10H8N2O2S. The average molecular weight is 220 g/mol. The molecule has 0 atom stereocenters. The number of thiol groups is 1. The largest absolute Gasteiger partial charge is 0.292 e. The Labute approximate surface area is 91.1 Å². The Morgan fingerprint density at radius 1 is 1.27 bits per heavy atom. The summed E-state index contributed by atoms with van der Waals surface area (Å²) >= 11 is 3.82. The predicted octanol–water partition coefficient (Wildman–Crippen LogP) is 1.10. The van der Waals surface area contributed by atoms with E-state index in [4.69, 9.17) is 0 Å². The molecule has 0 aliphatic heterocycles. The van der Waals surface area contributed by atoms with Gasteiger partial charge in [-0.15, -0.1) is 0 Å². The molecule has 0 saturated carbocycles. The number of benzene rings is 1. The number of nitrogens with zero attached hydrogens (tertiary/aromatic N) is 1. The average Bonchev–Trinajstić information content (AvgIpc) is 2.60. The third-order valence-electron chi connectivity index (χ3n) is 2.03. The van der Waals surface area contributed by atoms with Crippen molar-refractivity contribution in [1.29, 1.82) is 0 Å². The monoisotopic (exact) mass is 220 g/mol. The lowest BCUT2D eigenvalue weighted by molar-refractivity contribution is 0.103. The van der Waals surface area contributed by atoms with Gasteiger partial charge in [-0.1, -0.05) is 30.3 Å². The Balaban J connectivity index is 2.46. The van der Waals surface area contributed by atoms with E-state index in [1.165, 1.54) is 6.20 Å². The quantitative estimate of drug-likeness (QED) is 0.588. The van der Waals surface area contributed by atoms with Crippen LogP contribution >= 0.6 is 12.8 Å². The van der Waals surface area contributed by atoms with Gasteiger partial charge in [0.05, 0.1) is 0 Å². The van der Waals surface area contributed by atoms with Crippen molar-refractivity contribution in [3.63, 3.8) is 0 Å². The maximum Gasteiger partial charge on any atom is 0.287 e. The number of ketones is 1. The first-order valence-electron chi connectivity index (χ1n) is 4.29. The van der Waals surface area contributed by atoms with Crippen LogP contribution < -0.4 is 5.56 Å². The molecule has 0 bridgehead atoms. The van der Waals surface area contributed by atoms with Gasteiger partial charge in [0.2, 0.25) is 0 Å². The second kappa shape index (κ2) is 3.78. The van der Waals surface area contributed by atoms with Crippen molar-refractivity contribution in [3.8, 4) is 0 Å². The zero-order chi connectivity index (χ0) is 10.8. The van der Waals surface area contributed by atoms with Gasteiger partial charge in [0.1, 0.15) is 5.56 Å². The minimum absolute atomic E-state index is 0.0937. The van der Waals surface area contributed by atoms with Gasteiger partial charge in [-0.3, -0.25) is 14.7 Å². The van der Waals surface area contributed by atoms with E-state index in [-0.39, 0.29) is 11.3 Å². The third kappa shape index (κ3) is 1.73. The number of H-pyrrole nitrogens is 1. The summed E-state index contributed by atoms with van der Waals surface area (Å²) in [6, 6.07) is 8.64. The van der Waals surface area contributed by atoms with Gasteiger partial charge in [0.15, 0.2) is 5.78 Å². The maximum atomic E-state index is 11.8. The van der Waals surface area contributed by atoms with E-state index in [0.29, 0.717) is 5.56 Å². The number of hydrogen-bond acceptors (Lipinski definition) is 3. The Bertz CT molecular complexity index is 542. The summed E-state index contributed by atoms with van der Waals surface area (Å²) in [5, 5.41) is 2.54. The standard InChI is InChI=1S/C10H8N2O2S/c13-9(7-4-2-1-3-5-7)8-6-11-12(15)10(8)14/h1-6,11,15H. The van der Waals surface area contributed by atoms with Crippen LogP contribution in [0.4, 0.5) is 0 Å². The fourth-order valence-electron chi connectivity index (χ4n) is 1.27. The molecule has 0 amide bonds. The van der Waals surface area contributed by atoms with Crippen molar-refractivity contribution in [3.05, 3.63) is 58.0 Å². The summed E-state index contributed by atoms with van der Waals surface area (Å²) in [6.07, 6.45) is 1.35. The molecule has 0 saturated heterocycles. The number of carbonyl (C=O) groups excluding carboxylic acids is 1. The van der Waals surface area contributed by atoms with E-state index >= 15 is 0 Å². The molecule has 0 aliphatic carbocycles. The molecule has 0 aliphatic rings. The smallest absolute Gasteiger partial charge is 0.287 e. The van der Waals surface area contributed by atoms with Gasteiger partial charge in [-0.2, -0.15) is 4.09 Å². The highest BCUT2D eigenvalue weighted by molar-refractivity contribution is 7.78. The molecule has 4 nitrogen and oxygen atoms in total. The number of aromatic amines is 1. The summed E-state index contributed by atoms with van der Waals surface area (Å²) in [7, 11) is 0. The van der Waals surface area contributed by atoms with E-state index in [0.717, 1.165) is 4.09 Å². The molecule has 1 aromatic heterocycles. The Kier molecular flexibility index (Phi) is 2.47. The van der Waals surface area contributed by atoms with Crippen molar-refractivity contribution in [1.82, 2.24) is 9.19 Å². The molecule has 1 aromatic carbocycles. The number of hydrogen-bond donors (Lipinski definition) is 2. The van der Waals surface area contributed by atoms with Crippen molar-refractivity contribution >= 4 is 18.6 Å². The summed E-state index contributed by atoms with van der Waals surface area (Å²) in [5.41, 5.74) is 0.144. The van der Waals surface area contributed by atoms with Gasteiger partial charge >= 0.3 is 0 Å². The number of aromatic nitrogens is 2. The molecular weight excluding hydrogens is 212 g/mol. The Morgan fingerprint density at radius 2 is 1.93 bits per heavy atom. The number of carbonyl (C=O) groups is 1. The Morgan fingerprint density at radius 3 is 2.47 bits per heavy atom. The lowest BCUT2D eigenvalue weighted by atomic mass is 10.1. The van der Waals surface area contributed by atoms with E-state index in [2.05, 4.69) is 17.9 Å². The van der Waals surface area contributed by atoms with E-state index < -0.39 is 5.56 Å². The third-order valence-corrected chi connectivity index (χ3v) is 2.33. The molecule has 2 rings (SSSR count). The first-order valence-corrected chi connectivity index (χ1v) is 4.69. The van der Waals surface area contributed by atoms with Gasteiger partial charge < -0.3 is 0 Å². The topological polar surface area (TPSA) is 54.9 Å². The van der Waals surface area contributed by atoms with Crippen molar-refractivity contribution in [2.45, 2.75) is 0 Å².